The van der Waals surface area contributed by atoms with Gasteiger partial charge in [-0.25, -0.2) is 0 Å². The lowest BCUT2D eigenvalue weighted by molar-refractivity contribution is 0.767. The Kier molecular flexibility index (Phi) is 18.4. The first kappa shape index (κ1) is 70.0. The van der Waals surface area contributed by atoms with E-state index in [1.165, 1.54) is 149 Å². The fraction of sp³-hybridized carbons (Fsp3) is 0.0270. The lowest BCUT2D eigenvalue weighted by Gasteiger charge is -2.35. The van der Waals surface area contributed by atoms with Crippen LogP contribution >= 0.6 is 15.9 Å². The number of rotatable bonds is 13. The highest BCUT2D eigenvalue weighted by Crippen LogP contribution is 2.59. The lowest BCUT2D eigenvalue weighted by atomic mass is 9.67. The summed E-state index contributed by atoms with van der Waals surface area (Å²) in [4.78, 5) is 2.45. The van der Waals surface area contributed by atoms with Crippen LogP contribution in [-0.2, 0) is 17.3 Å². The van der Waals surface area contributed by atoms with Crippen molar-refractivity contribution in [2.24, 2.45) is 0 Å². The van der Waals surface area contributed by atoms with Gasteiger partial charge in [0.05, 0.1) is 32.9 Å². The minimum Gasteiger partial charge on any atom is -0.310 e. The van der Waals surface area contributed by atoms with E-state index in [1.54, 1.807) is 0 Å². The van der Waals surface area contributed by atoms with Crippen molar-refractivity contribution in [1.29, 1.82) is 0 Å². The molecule has 544 valence electrons. The third-order valence-corrected chi connectivity index (χ3v) is 24.0. The molecule has 2 aliphatic rings. The Morgan fingerprint density at radius 1 is 0.217 bits per heavy atom. The largest absolute Gasteiger partial charge is 0.310 e. The van der Waals surface area contributed by atoms with Crippen LogP contribution in [0.15, 0.2) is 466 Å². The monoisotopic (exact) mass is 1530 g/mol. The van der Waals surface area contributed by atoms with Gasteiger partial charge in [0.1, 0.15) is 0 Å². The topological polar surface area (TPSA) is 13.1 Å². The van der Waals surface area contributed by atoms with E-state index in [2.05, 4.69) is 485 Å². The summed E-state index contributed by atoms with van der Waals surface area (Å²) in [6.45, 7) is 0. The molecule has 0 unspecified atom stereocenters. The third kappa shape index (κ3) is 12.4. The number of fused-ring (bicyclic) bond motifs is 12. The number of hydrogen-bond acceptors (Lipinski definition) is 1. The van der Waals surface area contributed by atoms with Crippen molar-refractivity contribution in [3.63, 3.8) is 0 Å². The molecule has 0 saturated carbocycles. The second kappa shape index (κ2) is 30.2. The van der Waals surface area contributed by atoms with E-state index in [1.807, 2.05) is 6.07 Å². The Hall–Kier alpha value is -14.2. The minimum absolute atomic E-state index is 0.351. The summed E-state index contributed by atoms with van der Waals surface area (Å²) in [7, 11) is 0. The number of benzene rings is 18. The number of hydrogen-bond donors (Lipinski definition) is 0. The summed E-state index contributed by atoms with van der Waals surface area (Å²) in [6, 6.07) is 168. The van der Waals surface area contributed by atoms with Crippen molar-refractivity contribution >= 4 is 76.6 Å². The number of nitrogens with zero attached hydrogens (tertiary/aromatic N) is 3. The summed E-state index contributed by atoms with van der Waals surface area (Å²) in [5.74, 6) is 0. The van der Waals surface area contributed by atoms with Gasteiger partial charge in [-0.2, -0.15) is 0 Å². The van der Waals surface area contributed by atoms with Gasteiger partial charge in [0, 0.05) is 54.5 Å². The molecule has 0 N–H and O–H groups in total. The second-order valence-electron chi connectivity index (χ2n) is 29.9. The molecule has 2 aromatic heterocycles. The average molecular weight is 1530 g/mol. The predicted molar refractivity (Wildman–Crippen MR) is 485 cm³/mol. The maximum atomic E-state index is 3.58. The third-order valence-electron chi connectivity index (χ3n) is 23.5. The first-order valence-electron chi connectivity index (χ1n) is 39.6. The zero-order valence-corrected chi connectivity index (χ0v) is 64.9. The Labute approximate surface area is 680 Å². The van der Waals surface area contributed by atoms with Crippen molar-refractivity contribution in [2.75, 3.05) is 4.90 Å². The van der Waals surface area contributed by atoms with Crippen LogP contribution in [0.3, 0.4) is 0 Å². The van der Waals surface area contributed by atoms with E-state index in [4.69, 9.17) is 0 Å². The maximum Gasteiger partial charge on any atom is 0.0714 e. The summed E-state index contributed by atoms with van der Waals surface area (Å²) in [5.41, 5.74) is 32.8. The van der Waals surface area contributed by atoms with Crippen LogP contribution < -0.4 is 4.90 Å². The molecular weight excluding hydrogens is 1460 g/mol. The van der Waals surface area contributed by atoms with Crippen LogP contribution in [-0.4, -0.2) is 9.13 Å². The average Bonchev–Trinajstić information content (AvgIpc) is 1.55. The van der Waals surface area contributed by atoms with Gasteiger partial charge < -0.3 is 14.0 Å². The smallest absolute Gasteiger partial charge is 0.0714 e. The summed E-state index contributed by atoms with van der Waals surface area (Å²) >= 11 is 3.58. The Morgan fingerprint density at radius 3 is 1.08 bits per heavy atom. The van der Waals surface area contributed by atoms with Crippen LogP contribution in [0.25, 0.3) is 99.5 Å². The van der Waals surface area contributed by atoms with Crippen molar-refractivity contribution in [2.45, 2.75) is 17.3 Å². The van der Waals surface area contributed by atoms with Crippen LogP contribution in [0, 0.1) is 0 Å². The molecule has 0 bridgehead atoms. The highest BCUT2D eigenvalue weighted by molar-refractivity contribution is 9.10. The van der Waals surface area contributed by atoms with Crippen molar-refractivity contribution in [3.8, 4) is 55.9 Å². The zero-order chi connectivity index (χ0) is 76.7. The van der Waals surface area contributed by atoms with Gasteiger partial charge in [0.15, 0.2) is 0 Å². The molecule has 20 aromatic rings. The highest BCUT2D eigenvalue weighted by Gasteiger charge is 2.48. The van der Waals surface area contributed by atoms with Crippen LogP contribution in [0.1, 0.15) is 55.6 Å². The van der Waals surface area contributed by atoms with E-state index < -0.39 is 5.41 Å². The summed E-state index contributed by atoms with van der Waals surface area (Å²) in [5, 5.41) is 5.05. The molecule has 0 spiro atoms. The number of aromatic nitrogens is 2. The van der Waals surface area contributed by atoms with Gasteiger partial charge in [-0.15, -0.1) is 0 Å². The number of para-hydroxylation sites is 4. The fourth-order valence-electron chi connectivity index (χ4n) is 18.6. The Balaban J connectivity index is 0.000000126. The molecule has 22 rings (SSSR count). The predicted octanol–water partition coefficient (Wildman–Crippen LogP) is 29.1. The molecule has 0 aliphatic heterocycles. The van der Waals surface area contributed by atoms with Gasteiger partial charge >= 0.3 is 0 Å². The molecular formula is C111H78BrN3. The minimum atomic E-state index is -0.508. The molecule has 3 nitrogen and oxygen atoms in total. The van der Waals surface area contributed by atoms with Crippen molar-refractivity contribution in [1.82, 2.24) is 9.13 Å². The summed E-state index contributed by atoms with van der Waals surface area (Å²) < 4.78 is 5.82. The molecule has 0 amide bonds. The molecule has 2 aliphatic carbocycles. The van der Waals surface area contributed by atoms with Gasteiger partial charge in [0.2, 0.25) is 0 Å². The van der Waals surface area contributed by atoms with E-state index in [0.717, 1.165) is 33.6 Å². The lowest BCUT2D eigenvalue weighted by Crippen LogP contribution is -2.28. The normalized spacial score (nSPS) is 12.6. The van der Waals surface area contributed by atoms with E-state index in [9.17, 15) is 0 Å². The van der Waals surface area contributed by atoms with Crippen LogP contribution in [0.5, 0.6) is 0 Å². The van der Waals surface area contributed by atoms with Gasteiger partial charge in [-0.05, 0) is 191 Å². The SMILES string of the molecule is Brc1ccc2c3ccccc3n(-c3ccccc3)c2c1.c1ccc(-c2cccc(Cc3ccc4c(c3)C(c3ccccc3)(c3ccccc3)c3ccccc3-4)c2)cc1.c1ccc(-c2cccc(N(c3ccc4c(c3)C(c3ccccc3)(c3ccccc3)c3ccccc3-4)c3ccc4c5ccccc5n(-c5ccccc5)c4c3)c2)cc1. The molecule has 0 fully saturated rings. The molecule has 0 saturated heterocycles. The molecule has 0 atom stereocenters. The van der Waals surface area contributed by atoms with E-state index in [0.29, 0.717) is 0 Å². The van der Waals surface area contributed by atoms with Crippen molar-refractivity contribution < 1.29 is 0 Å². The van der Waals surface area contributed by atoms with E-state index >= 15 is 0 Å². The molecule has 115 heavy (non-hydrogen) atoms. The molecule has 18 aromatic carbocycles. The molecule has 0 radical (unpaired) electrons. The second-order valence-corrected chi connectivity index (χ2v) is 30.8. The summed E-state index contributed by atoms with van der Waals surface area (Å²) in [6.07, 6.45) is 0.893. The first-order valence-corrected chi connectivity index (χ1v) is 40.4. The fourth-order valence-corrected chi connectivity index (χ4v) is 18.9. The van der Waals surface area contributed by atoms with Gasteiger partial charge in [0.25, 0.3) is 0 Å². The van der Waals surface area contributed by atoms with Crippen LogP contribution in [0.4, 0.5) is 17.1 Å². The quantitative estimate of drug-likeness (QED) is 0.112. The van der Waals surface area contributed by atoms with Crippen LogP contribution in [0.2, 0.25) is 0 Å². The number of anilines is 3. The highest BCUT2D eigenvalue weighted by atomic mass is 79.9. The first-order chi connectivity index (χ1) is 57.0. The maximum absolute atomic E-state index is 3.58. The Morgan fingerprint density at radius 2 is 0.565 bits per heavy atom. The molecule has 4 heteroatoms. The van der Waals surface area contributed by atoms with Gasteiger partial charge in [-0.3, -0.25) is 0 Å². The molecule has 2 heterocycles. The van der Waals surface area contributed by atoms with Crippen molar-refractivity contribution in [3.05, 3.63) is 521 Å². The standard InChI is InChI=1S/C55H38N2.C38H28.C18H12BrN/c1-5-18-39(19-6-1)40-20-17-27-44(36-40)56(46-33-35-50-49-29-14-16-31-53(49)57(54(50)38-46)43-25-11-4-12-26-43)45-32-34-48-47-28-13-15-30-51(47)55(52(48)37-45,41-21-7-2-8-22-41)42-23-9-3-10-24-42;1-4-14-30(15-5-1)31-16-12-13-28(26-31)25-29-23-24-35-34-21-10-11-22-36(34)38(37(35)27-29,32-17-6-2-7-18-32)33-19-8-3-9-20-33;19-13-10-11-16-15-8-4-5-9-17(15)20(18(16)12-13)14-6-2-1-3-7-14/h1-38H;1-24,26-27H,25H2;1-12H. The van der Waals surface area contributed by atoms with Gasteiger partial charge in [-0.1, -0.05) is 392 Å². The number of halogens is 1. The van der Waals surface area contributed by atoms with E-state index in [-0.39, 0.29) is 5.41 Å². The Bertz CT molecular complexity index is 6840. The zero-order valence-electron chi connectivity index (χ0n) is 63.3.